The van der Waals surface area contributed by atoms with Crippen molar-refractivity contribution in [3.05, 3.63) is 4.60 Å². The first kappa shape index (κ1) is 16.1. The fraction of sp³-hybridized carbons (Fsp3) is 0.667. The molecule has 0 aliphatic heterocycles. The average molecular weight is 355 g/mol. The highest BCUT2D eigenvalue weighted by molar-refractivity contribution is 9.10. The van der Waals surface area contributed by atoms with Crippen LogP contribution in [0.15, 0.2) is 9.63 Å². The summed E-state index contributed by atoms with van der Waals surface area (Å²) in [5.41, 5.74) is -1.16. The molecule has 0 aromatic carbocycles. The predicted molar refractivity (Wildman–Crippen MR) is 69.9 cm³/mol. The van der Waals surface area contributed by atoms with Gasteiger partial charge in [-0.3, -0.25) is 4.79 Å². The van der Waals surface area contributed by atoms with Crippen LogP contribution in [-0.2, 0) is 21.9 Å². The van der Waals surface area contributed by atoms with Gasteiger partial charge in [0.1, 0.15) is 0 Å². The van der Waals surface area contributed by atoms with Crippen LogP contribution in [0.2, 0.25) is 0 Å². The quantitative estimate of drug-likeness (QED) is 0.761. The monoisotopic (exact) mass is 354 g/mol. The van der Waals surface area contributed by atoms with Crippen LogP contribution in [0.3, 0.4) is 0 Å². The molecule has 1 unspecified atom stereocenters. The van der Waals surface area contributed by atoms with Gasteiger partial charge >= 0.3 is 5.97 Å². The topological polar surface area (TPSA) is 114 Å². The zero-order valence-electron chi connectivity index (χ0n) is 10.7. The number of aryl methyl sites for hydroxylation is 1. The number of nitrogens with one attached hydrogen (secondary N) is 1. The second-order valence-electron chi connectivity index (χ2n) is 4.35. The smallest absolute Gasteiger partial charge is 0.310 e. The molecule has 1 heterocycles. The van der Waals surface area contributed by atoms with Crippen molar-refractivity contribution in [1.82, 2.24) is 19.7 Å². The molecule has 0 bridgehead atoms. The van der Waals surface area contributed by atoms with Crippen molar-refractivity contribution < 1.29 is 18.3 Å². The highest BCUT2D eigenvalue weighted by Gasteiger charge is 2.34. The molecule has 0 spiro atoms. The van der Waals surface area contributed by atoms with E-state index in [1.165, 1.54) is 14.0 Å². The Balaban J connectivity index is 2.97. The van der Waals surface area contributed by atoms with Gasteiger partial charge in [-0.2, -0.15) is 0 Å². The Bertz CT molecular complexity index is 566. The van der Waals surface area contributed by atoms with Gasteiger partial charge in [0.15, 0.2) is 4.60 Å². The van der Waals surface area contributed by atoms with E-state index in [9.17, 15) is 13.2 Å². The Morgan fingerprint density at radius 3 is 2.53 bits per heavy atom. The van der Waals surface area contributed by atoms with Gasteiger partial charge in [0.05, 0.1) is 5.41 Å². The van der Waals surface area contributed by atoms with Crippen molar-refractivity contribution in [3.8, 4) is 0 Å². The second-order valence-corrected chi connectivity index (χ2v) is 6.79. The number of nitrogens with zero attached hydrogens (tertiary/aromatic N) is 3. The molecule has 1 aromatic heterocycles. The van der Waals surface area contributed by atoms with Crippen LogP contribution in [0.25, 0.3) is 0 Å². The van der Waals surface area contributed by atoms with Crippen LogP contribution in [0.1, 0.15) is 20.3 Å². The number of carboxylic acids is 1. The summed E-state index contributed by atoms with van der Waals surface area (Å²) in [6, 6.07) is 0. The van der Waals surface area contributed by atoms with E-state index in [2.05, 4.69) is 31.0 Å². The number of aromatic nitrogens is 3. The van der Waals surface area contributed by atoms with Crippen LogP contribution >= 0.6 is 15.9 Å². The Hall–Kier alpha value is -1.00. The van der Waals surface area contributed by atoms with Gasteiger partial charge in [-0.1, -0.05) is 12.1 Å². The van der Waals surface area contributed by atoms with Gasteiger partial charge in [-0.25, -0.2) is 17.8 Å². The van der Waals surface area contributed by atoms with Crippen LogP contribution < -0.4 is 4.72 Å². The summed E-state index contributed by atoms with van der Waals surface area (Å²) in [5, 5.41) is 16.1. The molecule has 0 aliphatic carbocycles. The van der Waals surface area contributed by atoms with E-state index < -0.39 is 21.4 Å². The number of sulfonamides is 1. The van der Waals surface area contributed by atoms with Gasteiger partial charge in [-0.05, 0) is 29.3 Å². The van der Waals surface area contributed by atoms with Gasteiger partial charge in [0.25, 0.3) is 10.0 Å². The van der Waals surface area contributed by atoms with Crippen LogP contribution in [0, 0.1) is 5.41 Å². The fourth-order valence-electron chi connectivity index (χ4n) is 1.28. The van der Waals surface area contributed by atoms with Crippen molar-refractivity contribution >= 4 is 31.9 Å². The summed E-state index contributed by atoms with van der Waals surface area (Å²) >= 11 is 2.99. The summed E-state index contributed by atoms with van der Waals surface area (Å²) in [6.45, 7) is 2.96. The molecule has 1 atom stereocenters. The largest absolute Gasteiger partial charge is 0.481 e. The van der Waals surface area contributed by atoms with Crippen molar-refractivity contribution in [2.75, 3.05) is 6.54 Å². The van der Waals surface area contributed by atoms with E-state index in [4.69, 9.17) is 5.11 Å². The molecule has 108 valence electrons. The van der Waals surface area contributed by atoms with E-state index in [0.717, 1.165) is 4.68 Å². The number of aliphatic carboxylic acids is 1. The SMILES string of the molecule is CCC(C)(CNS(=O)(=O)c1c(Br)nnn1C)C(=O)O. The van der Waals surface area contributed by atoms with Crippen molar-refractivity contribution in [1.29, 1.82) is 0 Å². The summed E-state index contributed by atoms with van der Waals surface area (Å²) in [5.74, 6) is -1.06. The number of rotatable bonds is 6. The maximum absolute atomic E-state index is 12.1. The lowest BCUT2D eigenvalue weighted by Crippen LogP contribution is -2.41. The number of carboxylic acid groups (broad SMARTS) is 1. The van der Waals surface area contributed by atoms with Crippen molar-refractivity contribution in [2.24, 2.45) is 12.5 Å². The van der Waals surface area contributed by atoms with Crippen molar-refractivity contribution in [2.45, 2.75) is 25.3 Å². The van der Waals surface area contributed by atoms with Gasteiger partial charge in [0, 0.05) is 13.6 Å². The molecule has 2 N–H and O–H groups in total. The van der Waals surface area contributed by atoms with Gasteiger partial charge < -0.3 is 5.11 Å². The minimum atomic E-state index is -3.88. The zero-order chi connectivity index (χ0) is 14.8. The summed E-state index contributed by atoms with van der Waals surface area (Å²) in [6.07, 6.45) is 0.301. The molecule has 0 saturated heterocycles. The lowest BCUT2D eigenvalue weighted by Gasteiger charge is -2.23. The highest BCUT2D eigenvalue weighted by Crippen LogP contribution is 2.22. The Morgan fingerprint density at radius 1 is 1.58 bits per heavy atom. The third-order valence-corrected chi connectivity index (χ3v) is 5.23. The Labute approximate surface area is 119 Å². The number of halogens is 1. The minimum absolute atomic E-state index is 0.0797. The van der Waals surface area contributed by atoms with Gasteiger partial charge in [-0.15, -0.1) is 5.10 Å². The van der Waals surface area contributed by atoms with E-state index >= 15 is 0 Å². The first-order valence-corrected chi connectivity index (χ1v) is 7.70. The first-order valence-electron chi connectivity index (χ1n) is 5.42. The van der Waals surface area contributed by atoms with Crippen LogP contribution in [0.5, 0.6) is 0 Å². The maximum Gasteiger partial charge on any atom is 0.310 e. The molecule has 1 aromatic rings. The van der Waals surface area contributed by atoms with E-state index in [1.54, 1.807) is 6.92 Å². The normalized spacial score (nSPS) is 15.2. The lowest BCUT2D eigenvalue weighted by atomic mass is 9.88. The molecule has 0 fully saturated rings. The lowest BCUT2D eigenvalue weighted by molar-refractivity contribution is -0.147. The fourth-order valence-corrected chi connectivity index (χ4v) is 3.54. The molecule has 0 aliphatic rings. The minimum Gasteiger partial charge on any atom is -0.481 e. The number of hydrogen-bond acceptors (Lipinski definition) is 5. The summed E-state index contributed by atoms with van der Waals surface area (Å²) in [7, 11) is -2.44. The zero-order valence-corrected chi connectivity index (χ0v) is 13.1. The maximum atomic E-state index is 12.1. The molecular weight excluding hydrogens is 340 g/mol. The molecule has 19 heavy (non-hydrogen) atoms. The van der Waals surface area contributed by atoms with Gasteiger partial charge in [0.2, 0.25) is 5.03 Å². The highest BCUT2D eigenvalue weighted by atomic mass is 79.9. The molecule has 1 rings (SSSR count). The molecule has 10 heteroatoms. The molecule has 8 nitrogen and oxygen atoms in total. The Morgan fingerprint density at radius 2 is 2.16 bits per heavy atom. The summed E-state index contributed by atoms with van der Waals surface area (Å²) < 4.78 is 27.6. The third kappa shape index (κ3) is 3.31. The molecule has 0 saturated carbocycles. The molecule has 0 amide bonds. The number of hydrogen-bond donors (Lipinski definition) is 2. The standard InChI is InChI=1S/C9H15BrN4O4S/c1-4-9(2,8(15)16)5-11-19(17,18)7-6(10)12-13-14(7)3/h11H,4-5H2,1-3H3,(H,15,16). The summed E-state index contributed by atoms with van der Waals surface area (Å²) in [4.78, 5) is 11.1. The van der Waals surface area contributed by atoms with Crippen molar-refractivity contribution in [3.63, 3.8) is 0 Å². The van der Waals surface area contributed by atoms with E-state index in [1.807, 2.05) is 0 Å². The van der Waals surface area contributed by atoms with E-state index in [-0.39, 0.29) is 16.2 Å². The predicted octanol–water partition coefficient (Wildman–Crippen LogP) is 0.357. The van der Waals surface area contributed by atoms with E-state index in [0.29, 0.717) is 6.42 Å². The first-order chi connectivity index (χ1) is 8.64. The van der Waals surface area contributed by atoms with Crippen LogP contribution in [-0.4, -0.2) is 41.0 Å². The number of carbonyl (C=O) groups is 1. The molecule has 0 radical (unpaired) electrons. The second kappa shape index (κ2) is 5.55. The van der Waals surface area contributed by atoms with Crippen LogP contribution in [0.4, 0.5) is 0 Å². The Kier molecular flexibility index (Phi) is 4.69. The third-order valence-electron chi connectivity index (χ3n) is 2.94. The average Bonchev–Trinajstić information content (AvgIpc) is 2.66. The molecular formula is C9H15BrN4O4S.